The Hall–Kier alpha value is -0.250. The number of nitrogens with one attached hydrogen (secondary N) is 1. The van der Waals surface area contributed by atoms with Gasteiger partial charge in [0.05, 0.1) is 7.11 Å². The van der Waals surface area contributed by atoms with Crippen molar-refractivity contribution in [2.45, 2.75) is 37.6 Å². The molecule has 0 spiro atoms. The standard InChI is InChI=1S/C15H21BrClNO/c1-19-15-6-5-13(16)8-12(15)10-18-9-11-3-2-4-14(17)7-11/h5-6,8,11,14,18H,2-4,7,9-10H2,1H3. The Kier molecular flexibility index (Phi) is 5.99. The van der Waals surface area contributed by atoms with Gasteiger partial charge in [0, 0.05) is 22.0 Å². The third kappa shape index (κ3) is 4.66. The molecule has 0 amide bonds. The van der Waals surface area contributed by atoms with E-state index >= 15 is 0 Å². The molecule has 0 bridgehead atoms. The van der Waals surface area contributed by atoms with Crippen LogP contribution in [0.15, 0.2) is 22.7 Å². The maximum atomic E-state index is 6.22. The number of hydrogen-bond acceptors (Lipinski definition) is 2. The van der Waals surface area contributed by atoms with Crippen LogP contribution >= 0.6 is 27.5 Å². The van der Waals surface area contributed by atoms with E-state index in [-0.39, 0.29) is 0 Å². The van der Waals surface area contributed by atoms with Crippen LogP contribution in [0, 0.1) is 5.92 Å². The molecule has 1 aliphatic carbocycles. The summed E-state index contributed by atoms with van der Waals surface area (Å²) < 4.78 is 6.46. The molecule has 0 heterocycles. The van der Waals surface area contributed by atoms with Crippen molar-refractivity contribution < 1.29 is 4.74 Å². The second-order valence-electron chi connectivity index (χ2n) is 5.22. The van der Waals surface area contributed by atoms with Crippen molar-refractivity contribution in [3.8, 4) is 5.75 Å². The number of rotatable bonds is 5. The van der Waals surface area contributed by atoms with Crippen molar-refractivity contribution in [2.75, 3.05) is 13.7 Å². The van der Waals surface area contributed by atoms with Crippen molar-refractivity contribution in [3.63, 3.8) is 0 Å². The highest BCUT2D eigenvalue weighted by molar-refractivity contribution is 9.10. The van der Waals surface area contributed by atoms with E-state index in [1.807, 2.05) is 12.1 Å². The van der Waals surface area contributed by atoms with Crippen LogP contribution in [0.4, 0.5) is 0 Å². The van der Waals surface area contributed by atoms with Crippen molar-refractivity contribution in [1.82, 2.24) is 5.32 Å². The molecule has 0 saturated heterocycles. The number of ether oxygens (including phenoxy) is 1. The van der Waals surface area contributed by atoms with E-state index in [9.17, 15) is 0 Å². The maximum Gasteiger partial charge on any atom is 0.123 e. The van der Waals surface area contributed by atoms with Crippen LogP contribution < -0.4 is 10.1 Å². The molecule has 1 aromatic rings. The molecule has 4 heteroatoms. The minimum absolute atomic E-state index is 0.376. The van der Waals surface area contributed by atoms with E-state index in [1.54, 1.807) is 7.11 Å². The summed E-state index contributed by atoms with van der Waals surface area (Å²) in [5.41, 5.74) is 1.19. The molecule has 106 valence electrons. The predicted molar refractivity (Wildman–Crippen MR) is 84.0 cm³/mol. The molecule has 0 radical (unpaired) electrons. The first kappa shape index (κ1) is 15.1. The van der Waals surface area contributed by atoms with Crippen LogP contribution in [0.1, 0.15) is 31.2 Å². The molecule has 0 aromatic heterocycles. The molecular formula is C15H21BrClNO. The normalized spacial score (nSPS) is 23.3. The lowest BCUT2D eigenvalue weighted by Gasteiger charge is -2.25. The Balaban J connectivity index is 1.83. The summed E-state index contributed by atoms with van der Waals surface area (Å²) in [4.78, 5) is 0. The van der Waals surface area contributed by atoms with E-state index < -0.39 is 0 Å². The van der Waals surface area contributed by atoms with Crippen LogP contribution in [0.2, 0.25) is 0 Å². The molecule has 2 rings (SSSR count). The number of methoxy groups -OCH3 is 1. The van der Waals surface area contributed by atoms with Gasteiger partial charge in [-0.2, -0.15) is 0 Å². The van der Waals surface area contributed by atoms with Gasteiger partial charge in [0.15, 0.2) is 0 Å². The fraction of sp³-hybridized carbons (Fsp3) is 0.600. The zero-order chi connectivity index (χ0) is 13.7. The van der Waals surface area contributed by atoms with Gasteiger partial charge >= 0.3 is 0 Å². The van der Waals surface area contributed by atoms with Crippen LogP contribution in [0.25, 0.3) is 0 Å². The first-order valence-electron chi connectivity index (χ1n) is 6.86. The van der Waals surface area contributed by atoms with Crippen LogP contribution in [-0.2, 0) is 6.54 Å². The van der Waals surface area contributed by atoms with Gasteiger partial charge in [0.25, 0.3) is 0 Å². The summed E-state index contributed by atoms with van der Waals surface area (Å²) in [5.74, 6) is 1.66. The Morgan fingerprint density at radius 1 is 1.42 bits per heavy atom. The summed E-state index contributed by atoms with van der Waals surface area (Å²) >= 11 is 9.72. The minimum atomic E-state index is 0.376. The van der Waals surface area contributed by atoms with E-state index in [0.29, 0.717) is 5.38 Å². The Labute approximate surface area is 129 Å². The maximum absolute atomic E-state index is 6.22. The Bertz CT molecular complexity index is 413. The van der Waals surface area contributed by atoms with Gasteiger partial charge in [0.2, 0.25) is 0 Å². The number of alkyl halides is 1. The number of hydrogen-bond donors (Lipinski definition) is 1. The predicted octanol–water partition coefficient (Wildman–Crippen LogP) is 4.34. The first-order valence-corrected chi connectivity index (χ1v) is 8.09. The molecule has 2 atom stereocenters. The number of benzene rings is 1. The molecule has 19 heavy (non-hydrogen) atoms. The van der Waals surface area contributed by atoms with Gasteiger partial charge in [0.1, 0.15) is 5.75 Å². The molecular weight excluding hydrogens is 326 g/mol. The smallest absolute Gasteiger partial charge is 0.123 e. The highest BCUT2D eigenvalue weighted by Gasteiger charge is 2.19. The van der Waals surface area contributed by atoms with Crippen molar-refractivity contribution in [1.29, 1.82) is 0 Å². The lowest BCUT2D eigenvalue weighted by Crippen LogP contribution is -2.27. The topological polar surface area (TPSA) is 21.3 Å². The Morgan fingerprint density at radius 2 is 2.26 bits per heavy atom. The van der Waals surface area contributed by atoms with Gasteiger partial charge in [-0.05, 0) is 49.9 Å². The highest BCUT2D eigenvalue weighted by Crippen LogP contribution is 2.27. The average molecular weight is 347 g/mol. The summed E-state index contributed by atoms with van der Waals surface area (Å²) in [5, 5.41) is 3.91. The lowest BCUT2D eigenvalue weighted by atomic mass is 9.89. The van der Waals surface area contributed by atoms with E-state index in [1.165, 1.54) is 24.8 Å². The molecule has 2 nitrogen and oxygen atoms in total. The third-order valence-corrected chi connectivity index (χ3v) is 4.60. The Morgan fingerprint density at radius 3 is 3.00 bits per heavy atom. The van der Waals surface area contributed by atoms with Crippen LogP contribution in [0.3, 0.4) is 0 Å². The molecule has 2 unspecified atom stereocenters. The fourth-order valence-corrected chi connectivity index (χ4v) is 3.52. The van der Waals surface area contributed by atoms with Gasteiger partial charge < -0.3 is 10.1 Å². The first-order chi connectivity index (χ1) is 9.19. The molecule has 1 fully saturated rings. The summed E-state index contributed by atoms with van der Waals surface area (Å²) in [6.07, 6.45) is 4.88. The molecule has 1 saturated carbocycles. The van der Waals surface area contributed by atoms with Gasteiger partial charge in [-0.25, -0.2) is 0 Å². The highest BCUT2D eigenvalue weighted by atomic mass is 79.9. The van der Waals surface area contributed by atoms with Crippen LogP contribution in [-0.4, -0.2) is 19.0 Å². The molecule has 1 aliphatic rings. The van der Waals surface area contributed by atoms with Crippen molar-refractivity contribution >= 4 is 27.5 Å². The zero-order valence-electron chi connectivity index (χ0n) is 11.3. The van der Waals surface area contributed by atoms with Gasteiger partial charge in [-0.15, -0.1) is 11.6 Å². The van der Waals surface area contributed by atoms with Gasteiger partial charge in [-0.1, -0.05) is 22.4 Å². The van der Waals surface area contributed by atoms with Crippen LogP contribution in [0.5, 0.6) is 5.75 Å². The second-order valence-corrected chi connectivity index (χ2v) is 6.75. The molecule has 0 aliphatic heterocycles. The largest absolute Gasteiger partial charge is 0.496 e. The molecule has 1 N–H and O–H groups in total. The van der Waals surface area contributed by atoms with E-state index in [4.69, 9.17) is 16.3 Å². The summed E-state index contributed by atoms with van der Waals surface area (Å²) in [7, 11) is 1.71. The summed E-state index contributed by atoms with van der Waals surface area (Å²) in [6.45, 7) is 1.88. The lowest BCUT2D eigenvalue weighted by molar-refractivity contribution is 0.344. The fourth-order valence-electron chi connectivity index (χ4n) is 2.71. The number of halogens is 2. The zero-order valence-corrected chi connectivity index (χ0v) is 13.6. The third-order valence-electron chi connectivity index (χ3n) is 3.71. The second kappa shape index (κ2) is 7.51. The average Bonchev–Trinajstić information content (AvgIpc) is 2.39. The molecule has 1 aromatic carbocycles. The van der Waals surface area contributed by atoms with E-state index in [2.05, 4.69) is 27.3 Å². The van der Waals surface area contributed by atoms with E-state index in [0.717, 1.165) is 35.7 Å². The van der Waals surface area contributed by atoms with Crippen molar-refractivity contribution in [2.24, 2.45) is 5.92 Å². The minimum Gasteiger partial charge on any atom is -0.496 e. The summed E-state index contributed by atoms with van der Waals surface area (Å²) in [6, 6.07) is 6.11. The quantitative estimate of drug-likeness (QED) is 0.801. The SMILES string of the molecule is COc1ccc(Br)cc1CNCC1CCCC(Cl)C1. The van der Waals surface area contributed by atoms with Gasteiger partial charge in [-0.3, -0.25) is 0 Å². The van der Waals surface area contributed by atoms with Crippen molar-refractivity contribution in [3.05, 3.63) is 28.2 Å². The monoisotopic (exact) mass is 345 g/mol.